The van der Waals surface area contributed by atoms with Gasteiger partial charge in [-0.05, 0) is 43.7 Å². The van der Waals surface area contributed by atoms with Gasteiger partial charge in [0.2, 0.25) is 5.91 Å². The molecule has 0 unspecified atom stereocenters. The van der Waals surface area contributed by atoms with Gasteiger partial charge < -0.3 is 5.32 Å². The fourth-order valence-electron chi connectivity index (χ4n) is 3.92. The Labute approximate surface area is 178 Å². The minimum atomic E-state index is -0.901. The SMILES string of the molecule is CC(C)N1C(=O)C[C@H](NC(=O)c2cccc(CN3C(=O)c4ccccc4C3=O)c2)C1=O. The molecule has 1 N–H and O–H groups in total. The van der Waals surface area contributed by atoms with Crippen LogP contribution in [0.4, 0.5) is 0 Å². The summed E-state index contributed by atoms with van der Waals surface area (Å²) in [7, 11) is 0. The van der Waals surface area contributed by atoms with Crippen LogP contribution in [-0.4, -0.2) is 51.4 Å². The Morgan fingerprint density at radius 1 is 1.00 bits per heavy atom. The predicted molar refractivity (Wildman–Crippen MR) is 110 cm³/mol. The van der Waals surface area contributed by atoms with Crippen molar-refractivity contribution in [3.63, 3.8) is 0 Å². The van der Waals surface area contributed by atoms with E-state index < -0.39 is 17.9 Å². The van der Waals surface area contributed by atoms with Crippen molar-refractivity contribution in [2.24, 2.45) is 0 Å². The first-order valence-electron chi connectivity index (χ1n) is 9.99. The molecule has 2 aromatic rings. The number of rotatable bonds is 5. The second-order valence-corrected chi connectivity index (χ2v) is 7.87. The van der Waals surface area contributed by atoms with Gasteiger partial charge in [0.1, 0.15) is 6.04 Å². The molecule has 1 fully saturated rings. The van der Waals surface area contributed by atoms with E-state index in [0.29, 0.717) is 16.7 Å². The molecule has 4 rings (SSSR count). The fourth-order valence-corrected chi connectivity index (χ4v) is 3.92. The van der Waals surface area contributed by atoms with Crippen LogP contribution in [0.25, 0.3) is 0 Å². The fraction of sp³-hybridized carbons (Fsp3) is 0.261. The van der Waals surface area contributed by atoms with Crippen molar-refractivity contribution < 1.29 is 24.0 Å². The zero-order valence-electron chi connectivity index (χ0n) is 17.1. The number of carbonyl (C=O) groups is 5. The van der Waals surface area contributed by atoms with Gasteiger partial charge in [0.25, 0.3) is 23.6 Å². The van der Waals surface area contributed by atoms with E-state index in [1.54, 1.807) is 62.4 Å². The molecule has 0 spiro atoms. The molecule has 158 valence electrons. The van der Waals surface area contributed by atoms with Crippen LogP contribution < -0.4 is 5.32 Å². The Kier molecular flexibility index (Phi) is 5.14. The molecule has 0 saturated carbocycles. The van der Waals surface area contributed by atoms with Crippen molar-refractivity contribution in [1.29, 1.82) is 0 Å². The molecule has 2 heterocycles. The molecule has 1 saturated heterocycles. The summed E-state index contributed by atoms with van der Waals surface area (Å²) in [5.74, 6) is -1.99. The van der Waals surface area contributed by atoms with Crippen molar-refractivity contribution in [1.82, 2.24) is 15.1 Å². The van der Waals surface area contributed by atoms with Crippen LogP contribution in [0.2, 0.25) is 0 Å². The van der Waals surface area contributed by atoms with E-state index in [4.69, 9.17) is 0 Å². The number of fused-ring (bicyclic) bond motifs is 1. The second-order valence-electron chi connectivity index (χ2n) is 7.87. The third-order valence-electron chi connectivity index (χ3n) is 5.41. The minimum absolute atomic E-state index is 0.0233. The van der Waals surface area contributed by atoms with Crippen LogP contribution in [-0.2, 0) is 16.1 Å². The van der Waals surface area contributed by atoms with Crippen molar-refractivity contribution in [2.45, 2.75) is 38.9 Å². The molecule has 8 nitrogen and oxygen atoms in total. The zero-order valence-corrected chi connectivity index (χ0v) is 17.1. The number of nitrogens with zero attached hydrogens (tertiary/aromatic N) is 2. The molecular weight excluding hydrogens is 398 g/mol. The lowest BCUT2D eigenvalue weighted by atomic mass is 10.1. The standard InChI is InChI=1S/C23H21N3O5/c1-13(2)26-19(27)11-18(23(26)31)24-20(28)15-7-5-6-14(10-15)12-25-21(29)16-8-3-4-9-17(16)22(25)30/h3-10,13,18H,11-12H2,1-2H3,(H,24,28)/t18-/m0/s1. The highest BCUT2D eigenvalue weighted by Crippen LogP contribution is 2.24. The summed E-state index contributed by atoms with van der Waals surface area (Å²) in [6, 6.07) is 12.0. The Balaban J connectivity index is 1.48. The lowest BCUT2D eigenvalue weighted by Gasteiger charge is -2.19. The first-order chi connectivity index (χ1) is 14.8. The third-order valence-corrected chi connectivity index (χ3v) is 5.41. The lowest BCUT2D eigenvalue weighted by molar-refractivity contribution is -0.140. The number of nitrogens with one attached hydrogen (secondary N) is 1. The highest BCUT2D eigenvalue weighted by molar-refractivity contribution is 6.21. The Morgan fingerprint density at radius 2 is 1.65 bits per heavy atom. The van der Waals surface area contributed by atoms with Crippen molar-refractivity contribution >= 4 is 29.5 Å². The van der Waals surface area contributed by atoms with Crippen LogP contribution in [0.3, 0.4) is 0 Å². The van der Waals surface area contributed by atoms with Gasteiger partial charge in [-0.2, -0.15) is 0 Å². The summed E-state index contributed by atoms with van der Waals surface area (Å²) < 4.78 is 0. The highest BCUT2D eigenvalue weighted by Gasteiger charge is 2.41. The van der Waals surface area contributed by atoms with Crippen LogP contribution in [0, 0.1) is 0 Å². The molecule has 8 heteroatoms. The van der Waals surface area contributed by atoms with E-state index in [-0.39, 0.29) is 42.3 Å². The molecule has 0 radical (unpaired) electrons. The maximum Gasteiger partial charge on any atom is 0.261 e. The van der Waals surface area contributed by atoms with Crippen LogP contribution in [0.1, 0.15) is 56.9 Å². The molecule has 0 aliphatic carbocycles. The van der Waals surface area contributed by atoms with E-state index in [1.165, 1.54) is 0 Å². The van der Waals surface area contributed by atoms with Gasteiger partial charge in [0, 0.05) is 11.6 Å². The highest BCUT2D eigenvalue weighted by atomic mass is 16.2. The molecule has 0 bridgehead atoms. The van der Waals surface area contributed by atoms with E-state index in [0.717, 1.165) is 9.80 Å². The van der Waals surface area contributed by atoms with E-state index in [2.05, 4.69) is 5.32 Å². The average Bonchev–Trinajstić information content (AvgIpc) is 3.16. The topological polar surface area (TPSA) is 104 Å². The zero-order chi connectivity index (χ0) is 22.3. The molecule has 2 aromatic carbocycles. The maximum absolute atomic E-state index is 12.7. The normalized spacial score (nSPS) is 18.2. The Morgan fingerprint density at radius 3 is 2.23 bits per heavy atom. The van der Waals surface area contributed by atoms with Gasteiger partial charge in [0.05, 0.1) is 24.1 Å². The van der Waals surface area contributed by atoms with Gasteiger partial charge >= 0.3 is 0 Å². The van der Waals surface area contributed by atoms with Crippen LogP contribution >= 0.6 is 0 Å². The summed E-state index contributed by atoms with van der Waals surface area (Å²) in [5, 5.41) is 2.61. The number of imide groups is 2. The first-order valence-corrected chi connectivity index (χ1v) is 9.99. The van der Waals surface area contributed by atoms with Crippen molar-refractivity contribution in [3.05, 3.63) is 70.8 Å². The number of carbonyl (C=O) groups excluding carboxylic acids is 5. The van der Waals surface area contributed by atoms with Crippen molar-refractivity contribution in [2.75, 3.05) is 0 Å². The first kappa shape index (κ1) is 20.5. The van der Waals surface area contributed by atoms with Gasteiger partial charge in [-0.25, -0.2) is 0 Å². The number of hydrogen-bond donors (Lipinski definition) is 1. The molecule has 31 heavy (non-hydrogen) atoms. The van der Waals surface area contributed by atoms with E-state index in [1.807, 2.05) is 0 Å². The maximum atomic E-state index is 12.7. The quantitative estimate of drug-likeness (QED) is 0.744. The van der Waals surface area contributed by atoms with Gasteiger partial charge in [-0.3, -0.25) is 33.8 Å². The summed E-state index contributed by atoms with van der Waals surface area (Å²) >= 11 is 0. The molecule has 5 amide bonds. The van der Waals surface area contributed by atoms with Crippen LogP contribution in [0.5, 0.6) is 0 Å². The molecule has 2 aliphatic heterocycles. The largest absolute Gasteiger partial charge is 0.340 e. The number of hydrogen-bond acceptors (Lipinski definition) is 5. The summed E-state index contributed by atoms with van der Waals surface area (Å²) in [5.41, 5.74) is 1.60. The van der Waals surface area contributed by atoms with Crippen molar-refractivity contribution in [3.8, 4) is 0 Å². The molecular formula is C23H21N3O5. The Bertz CT molecular complexity index is 1090. The number of benzene rings is 2. The molecule has 0 aromatic heterocycles. The predicted octanol–water partition coefficient (Wildman–Crippen LogP) is 1.75. The minimum Gasteiger partial charge on any atom is -0.340 e. The summed E-state index contributed by atoms with van der Waals surface area (Å²) in [6.45, 7) is 3.50. The third kappa shape index (κ3) is 3.61. The Hall–Kier alpha value is -3.81. The lowest BCUT2D eigenvalue weighted by Crippen LogP contribution is -2.43. The van der Waals surface area contributed by atoms with Gasteiger partial charge in [-0.15, -0.1) is 0 Å². The monoisotopic (exact) mass is 419 g/mol. The van der Waals surface area contributed by atoms with E-state index in [9.17, 15) is 24.0 Å². The van der Waals surface area contributed by atoms with E-state index >= 15 is 0 Å². The number of likely N-dealkylation sites (tertiary alicyclic amines) is 1. The van der Waals surface area contributed by atoms with Gasteiger partial charge in [-0.1, -0.05) is 24.3 Å². The van der Waals surface area contributed by atoms with Crippen LogP contribution in [0.15, 0.2) is 48.5 Å². The summed E-state index contributed by atoms with van der Waals surface area (Å²) in [4.78, 5) is 64.6. The summed E-state index contributed by atoms with van der Waals surface area (Å²) in [6.07, 6.45) is -0.0719. The smallest absolute Gasteiger partial charge is 0.261 e. The molecule has 2 aliphatic rings. The van der Waals surface area contributed by atoms with Gasteiger partial charge in [0.15, 0.2) is 0 Å². The molecule has 1 atom stereocenters. The number of amides is 5. The second kappa shape index (κ2) is 7.79. The average molecular weight is 419 g/mol.